The Morgan fingerprint density at radius 2 is 2.10 bits per heavy atom. The van der Waals surface area contributed by atoms with Gasteiger partial charge in [-0.2, -0.15) is 10.2 Å². The van der Waals surface area contributed by atoms with Crippen molar-refractivity contribution in [1.29, 1.82) is 0 Å². The van der Waals surface area contributed by atoms with Gasteiger partial charge in [-0.1, -0.05) is 0 Å². The van der Waals surface area contributed by atoms with E-state index in [1.165, 1.54) is 11.3 Å². The Morgan fingerprint density at radius 1 is 1.38 bits per heavy atom. The Hall–Kier alpha value is -1.82. The number of likely N-dealkylation sites (N-methyl/N-ethyl adjacent to an activating group) is 1. The number of methoxy groups -OCH3 is 1. The van der Waals surface area contributed by atoms with Gasteiger partial charge < -0.3 is 10.1 Å². The molecule has 0 spiro atoms. The van der Waals surface area contributed by atoms with Gasteiger partial charge in [-0.3, -0.25) is 9.36 Å². The monoisotopic (exact) mass is 291 g/mol. The SMILES string of the molecule is CCn1ncc(OC)c1C(Cc1c(C)nn(C)c1C)NC. The first kappa shape index (κ1) is 15.6. The quantitative estimate of drug-likeness (QED) is 0.881. The van der Waals surface area contributed by atoms with Crippen LogP contribution in [0.25, 0.3) is 0 Å². The van der Waals surface area contributed by atoms with Crippen LogP contribution in [0.2, 0.25) is 0 Å². The van der Waals surface area contributed by atoms with E-state index < -0.39 is 0 Å². The number of hydrogen-bond donors (Lipinski definition) is 1. The van der Waals surface area contributed by atoms with E-state index in [0.717, 1.165) is 30.1 Å². The first-order valence-electron chi connectivity index (χ1n) is 7.29. The minimum Gasteiger partial charge on any atom is -0.493 e. The van der Waals surface area contributed by atoms with Gasteiger partial charge >= 0.3 is 0 Å². The first-order chi connectivity index (χ1) is 10.0. The fourth-order valence-corrected chi connectivity index (χ4v) is 2.79. The van der Waals surface area contributed by atoms with Gasteiger partial charge in [0.05, 0.1) is 30.7 Å². The molecule has 2 aromatic heterocycles. The van der Waals surface area contributed by atoms with Crippen molar-refractivity contribution < 1.29 is 4.74 Å². The minimum atomic E-state index is 0.143. The summed E-state index contributed by atoms with van der Waals surface area (Å²) in [6, 6.07) is 0.143. The van der Waals surface area contributed by atoms with Gasteiger partial charge in [0.1, 0.15) is 0 Å². The van der Waals surface area contributed by atoms with Gasteiger partial charge in [0.15, 0.2) is 5.75 Å². The van der Waals surface area contributed by atoms with Crippen molar-refractivity contribution in [2.75, 3.05) is 14.2 Å². The van der Waals surface area contributed by atoms with Crippen molar-refractivity contribution in [2.45, 2.75) is 39.8 Å². The van der Waals surface area contributed by atoms with Crippen molar-refractivity contribution >= 4 is 0 Å². The molecule has 0 radical (unpaired) electrons. The second-order valence-corrected chi connectivity index (χ2v) is 5.23. The predicted octanol–water partition coefficient (Wildman–Crippen LogP) is 1.77. The maximum absolute atomic E-state index is 5.47. The number of nitrogens with zero attached hydrogens (tertiary/aromatic N) is 4. The molecule has 116 valence electrons. The van der Waals surface area contributed by atoms with Gasteiger partial charge in [0, 0.05) is 19.3 Å². The number of hydrogen-bond acceptors (Lipinski definition) is 4. The van der Waals surface area contributed by atoms with Crippen LogP contribution in [-0.4, -0.2) is 33.7 Å². The molecule has 0 aliphatic carbocycles. The lowest BCUT2D eigenvalue weighted by molar-refractivity contribution is 0.394. The van der Waals surface area contributed by atoms with Crippen LogP contribution in [0.4, 0.5) is 0 Å². The standard InChI is InChI=1S/C15H25N5O/c1-7-20-15(14(21-6)9-17-20)13(16-4)8-12-10(2)18-19(5)11(12)3/h9,13,16H,7-8H2,1-6H3. The topological polar surface area (TPSA) is 56.9 Å². The Morgan fingerprint density at radius 3 is 2.57 bits per heavy atom. The third-order valence-electron chi connectivity index (χ3n) is 4.11. The summed E-state index contributed by atoms with van der Waals surface area (Å²) < 4.78 is 9.39. The molecular formula is C15H25N5O. The molecule has 0 aliphatic heterocycles. The van der Waals surface area contributed by atoms with Crippen LogP contribution < -0.4 is 10.1 Å². The summed E-state index contributed by atoms with van der Waals surface area (Å²) in [5.41, 5.74) is 4.65. The third kappa shape index (κ3) is 2.81. The summed E-state index contributed by atoms with van der Waals surface area (Å²) in [5, 5.41) is 12.3. The van der Waals surface area contributed by atoms with Gasteiger partial charge in [-0.05, 0) is 39.8 Å². The molecule has 0 saturated carbocycles. The maximum Gasteiger partial charge on any atom is 0.161 e. The fourth-order valence-electron chi connectivity index (χ4n) is 2.79. The van der Waals surface area contributed by atoms with Gasteiger partial charge in [0.25, 0.3) is 0 Å². The highest BCUT2D eigenvalue weighted by Crippen LogP contribution is 2.29. The molecule has 2 heterocycles. The van der Waals surface area contributed by atoms with E-state index in [1.807, 2.05) is 23.5 Å². The number of aromatic nitrogens is 4. The zero-order chi connectivity index (χ0) is 15.6. The number of nitrogens with one attached hydrogen (secondary N) is 1. The average molecular weight is 291 g/mol. The molecular weight excluding hydrogens is 266 g/mol. The molecule has 2 rings (SSSR count). The zero-order valence-electron chi connectivity index (χ0n) is 13.8. The van der Waals surface area contributed by atoms with Crippen molar-refractivity contribution in [2.24, 2.45) is 7.05 Å². The zero-order valence-corrected chi connectivity index (χ0v) is 13.8. The smallest absolute Gasteiger partial charge is 0.161 e. The van der Waals surface area contributed by atoms with Crippen LogP contribution in [0.5, 0.6) is 5.75 Å². The Balaban J connectivity index is 2.38. The largest absolute Gasteiger partial charge is 0.493 e. The van der Waals surface area contributed by atoms with Crippen molar-refractivity contribution in [3.63, 3.8) is 0 Å². The predicted molar refractivity (Wildman–Crippen MR) is 82.6 cm³/mol. The highest BCUT2D eigenvalue weighted by atomic mass is 16.5. The summed E-state index contributed by atoms with van der Waals surface area (Å²) >= 11 is 0. The maximum atomic E-state index is 5.47. The Kier molecular flexibility index (Phi) is 4.67. The van der Waals surface area contributed by atoms with Crippen molar-refractivity contribution in [1.82, 2.24) is 24.9 Å². The molecule has 1 atom stereocenters. The summed E-state index contributed by atoms with van der Waals surface area (Å²) in [6.07, 6.45) is 2.65. The van der Waals surface area contributed by atoms with Crippen LogP contribution in [0.15, 0.2) is 6.20 Å². The van der Waals surface area contributed by atoms with E-state index in [-0.39, 0.29) is 6.04 Å². The molecule has 0 aliphatic rings. The van der Waals surface area contributed by atoms with Gasteiger partial charge in [0.2, 0.25) is 0 Å². The first-order valence-corrected chi connectivity index (χ1v) is 7.29. The third-order valence-corrected chi connectivity index (χ3v) is 4.11. The average Bonchev–Trinajstić information content (AvgIpc) is 2.99. The van der Waals surface area contributed by atoms with Crippen LogP contribution in [0.1, 0.15) is 35.6 Å². The van der Waals surface area contributed by atoms with E-state index in [4.69, 9.17) is 4.74 Å². The van der Waals surface area contributed by atoms with E-state index >= 15 is 0 Å². The highest BCUT2D eigenvalue weighted by Gasteiger charge is 2.23. The molecule has 0 bridgehead atoms. The molecule has 0 amide bonds. The lowest BCUT2D eigenvalue weighted by atomic mass is 10.0. The van der Waals surface area contributed by atoms with Crippen LogP contribution >= 0.6 is 0 Å². The molecule has 2 aromatic rings. The number of ether oxygens (including phenoxy) is 1. The fraction of sp³-hybridized carbons (Fsp3) is 0.600. The Labute approximate surface area is 126 Å². The molecule has 0 fully saturated rings. The van der Waals surface area contributed by atoms with Crippen LogP contribution in [0, 0.1) is 13.8 Å². The molecule has 0 saturated heterocycles. The highest BCUT2D eigenvalue weighted by molar-refractivity contribution is 5.32. The Bertz CT molecular complexity index is 592. The minimum absolute atomic E-state index is 0.143. The van der Waals surface area contributed by atoms with E-state index in [0.29, 0.717) is 0 Å². The summed E-state index contributed by atoms with van der Waals surface area (Å²) in [5.74, 6) is 0.829. The molecule has 0 aromatic carbocycles. The van der Waals surface area contributed by atoms with Gasteiger partial charge in [-0.15, -0.1) is 0 Å². The lowest BCUT2D eigenvalue weighted by Crippen LogP contribution is -2.23. The van der Waals surface area contributed by atoms with Crippen molar-refractivity contribution in [3.05, 3.63) is 28.8 Å². The summed E-state index contributed by atoms with van der Waals surface area (Å²) in [7, 11) is 5.64. The molecule has 1 N–H and O–H groups in total. The summed E-state index contributed by atoms with van der Waals surface area (Å²) in [4.78, 5) is 0. The molecule has 6 heteroatoms. The second-order valence-electron chi connectivity index (χ2n) is 5.23. The number of rotatable bonds is 6. The second kappa shape index (κ2) is 6.30. The number of aryl methyl sites for hydroxylation is 3. The van der Waals surface area contributed by atoms with Crippen molar-refractivity contribution in [3.8, 4) is 5.75 Å². The van der Waals surface area contributed by atoms with E-state index in [2.05, 4.69) is 36.3 Å². The van der Waals surface area contributed by atoms with Crippen LogP contribution in [-0.2, 0) is 20.0 Å². The lowest BCUT2D eigenvalue weighted by Gasteiger charge is -2.19. The molecule has 1 unspecified atom stereocenters. The van der Waals surface area contributed by atoms with E-state index in [1.54, 1.807) is 13.3 Å². The molecule has 21 heavy (non-hydrogen) atoms. The molecule has 6 nitrogen and oxygen atoms in total. The summed E-state index contributed by atoms with van der Waals surface area (Å²) in [6.45, 7) is 7.07. The van der Waals surface area contributed by atoms with Crippen LogP contribution in [0.3, 0.4) is 0 Å². The normalized spacial score (nSPS) is 12.7. The van der Waals surface area contributed by atoms with Gasteiger partial charge in [-0.25, -0.2) is 0 Å². The van der Waals surface area contributed by atoms with E-state index in [9.17, 15) is 0 Å².